The van der Waals surface area contributed by atoms with Crippen LogP contribution in [0.2, 0.25) is 0 Å². The Hall–Kier alpha value is -0.760. The van der Waals surface area contributed by atoms with Gasteiger partial charge < -0.3 is 9.84 Å². The molecule has 0 unspecified atom stereocenters. The number of methoxy groups -OCH3 is 1. The maximum atomic E-state index is 9.09. The van der Waals surface area contributed by atoms with Gasteiger partial charge in [-0.1, -0.05) is 13.5 Å². The zero-order chi connectivity index (χ0) is 7.98. The van der Waals surface area contributed by atoms with Crippen LogP contribution in [0.4, 0.5) is 0 Å². The summed E-state index contributed by atoms with van der Waals surface area (Å²) >= 11 is 0. The highest BCUT2D eigenvalue weighted by atomic mass is 16.5. The third-order valence-corrected chi connectivity index (χ3v) is 1.21. The van der Waals surface area contributed by atoms with Gasteiger partial charge in [0, 0.05) is 0 Å². The molecule has 0 aliphatic heterocycles. The summed E-state index contributed by atoms with van der Waals surface area (Å²) in [5, 5.41) is 9.09. The quantitative estimate of drug-likeness (QED) is 0.476. The summed E-state index contributed by atoms with van der Waals surface area (Å²) in [5.74, 6) is 0.620. The maximum absolute atomic E-state index is 9.09. The molecule has 0 aliphatic rings. The molecule has 2 heteroatoms. The Morgan fingerprint density at radius 1 is 1.80 bits per heavy atom. The molecule has 0 heterocycles. The van der Waals surface area contributed by atoms with Crippen LogP contribution in [0.3, 0.4) is 0 Å². The van der Waals surface area contributed by atoms with Gasteiger partial charge in [0.25, 0.3) is 0 Å². The third-order valence-electron chi connectivity index (χ3n) is 1.21. The molecular formula is C8H14O2. The van der Waals surface area contributed by atoms with Gasteiger partial charge in [-0.05, 0) is 18.6 Å². The number of rotatable bonds is 4. The first-order valence-electron chi connectivity index (χ1n) is 3.30. The van der Waals surface area contributed by atoms with Crippen molar-refractivity contribution in [1.82, 2.24) is 0 Å². The molecular weight excluding hydrogens is 128 g/mol. The largest absolute Gasteiger partial charge is 0.497 e. The van der Waals surface area contributed by atoms with Gasteiger partial charge in [-0.25, -0.2) is 0 Å². The van der Waals surface area contributed by atoms with Crippen molar-refractivity contribution >= 4 is 0 Å². The fourth-order valence-electron chi connectivity index (χ4n) is 0.527. The van der Waals surface area contributed by atoms with E-state index in [1.807, 2.05) is 6.92 Å². The van der Waals surface area contributed by atoms with Gasteiger partial charge in [0.1, 0.15) is 5.76 Å². The molecule has 0 saturated heterocycles. The fraction of sp³-hybridized carbons (Fsp3) is 0.500. The lowest BCUT2D eigenvalue weighted by Gasteiger charge is -2.03. The Morgan fingerprint density at radius 3 is 2.70 bits per heavy atom. The maximum Gasteiger partial charge on any atom is 0.116 e. The number of aliphatic hydroxyl groups is 1. The van der Waals surface area contributed by atoms with Crippen LogP contribution < -0.4 is 0 Å². The van der Waals surface area contributed by atoms with E-state index >= 15 is 0 Å². The van der Waals surface area contributed by atoms with Crippen molar-refractivity contribution in [3.63, 3.8) is 0 Å². The monoisotopic (exact) mass is 142 g/mol. The second-order valence-corrected chi connectivity index (χ2v) is 1.95. The molecule has 1 atom stereocenters. The van der Waals surface area contributed by atoms with Crippen molar-refractivity contribution in [3.05, 3.63) is 24.5 Å². The van der Waals surface area contributed by atoms with Gasteiger partial charge in [-0.3, -0.25) is 0 Å². The summed E-state index contributed by atoms with van der Waals surface area (Å²) in [6.07, 6.45) is 3.47. The molecule has 0 fully saturated rings. The van der Waals surface area contributed by atoms with Gasteiger partial charge >= 0.3 is 0 Å². The number of allylic oxidation sites excluding steroid dienone is 1. The smallest absolute Gasteiger partial charge is 0.116 e. The minimum atomic E-state index is -0.423. The van der Waals surface area contributed by atoms with Crippen LogP contribution in [0, 0.1) is 0 Å². The van der Waals surface area contributed by atoms with Crippen LogP contribution in [-0.4, -0.2) is 18.3 Å². The Morgan fingerprint density at radius 2 is 2.40 bits per heavy atom. The Bertz CT molecular complexity index is 127. The van der Waals surface area contributed by atoms with Gasteiger partial charge in [-0.2, -0.15) is 0 Å². The summed E-state index contributed by atoms with van der Waals surface area (Å²) in [5.41, 5.74) is 0. The molecule has 0 bridgehead atoms. The zero-order valence-electron chi connectivity index (χ0n) is 6.50. The molecule has 0 radical (unpaired) electrons. The van der Waals surface area contributed by atoms with E-state index < -0.39 is 6.10 Å². The summed E-state index contributed by atoms with van der Waals surface area (Å²) < 4.78 is 4.86. The van der Waals surface area contributed by atoms with Crippen LogP contribution in [0.25, 0.3) is 0 Å². The molecule has 0 saturated carbocycles. The Labute approximate surface area is 61.8 Å². The lowest BCUT2D eigenvalue weighted by atomic mass is 10.2. The highest BCUT2D eigenvalue weighted by Gasteiger charge is 1.96. The molecule has 0 aromatic rings. The summed E-state index contributed by atoms with van der Waals surface area (Å²) in [4.78, 5) is 0. The highest BCUT2D eigenvalue weighted by Crippen LogP contribution is 2.00. The predicted octanol–water partition coefficient (Wildman–Crippen LogP) is 1.47. The van der Waals surface area contributed by atoms with Crippen molar-refractivity contribution in [3.8, 4) is 0 Å². The Balaban J connectivity index is 3.95. The first kappa shape index (κ1) is 9.24. The predicted molar refractivity (Wildman–Crippen MR) is 41.6 cm³/mol. The summed E-state index contributed by atoms with van der Waals surface area (Å²) in [6, 6.07) is 0. The highest BCUT2D eigenvalue weighted by molar-refractivity contribution is 5.10. The van der Waals surface area contributed by atoms with Gasteiger partial charge in [0.15, 0.2) is 0 Å². The topological polar surface area (TPSA) is 29.5 Å². The average Bonchev–Trinajstić information content (AvgIpc) is 1.99. The zero-order valence-corrected chi connectivity index (χ0v) is 6.50. The van der Waals surface area contributed by atoms with E-state index in [0.29, 0.717) is 12.2 Å². The molecule has 0 aliphatic carbocycles. The third kappa shape index (κ3) is 3.30. The molecule has 0 spiro atoms. The molecule has 0 aromatic carbocycles. The van der Waals surface area contributed by atoms with Crippen molar-refractivity contribution in [2.45, 2.75) is 19.4 Å². The first-order valence-corrected chi connectivity index (χ1v) is 3.30. The fourth-order valence-corrected chi connectivity index (χ4v) is 0.527. The van der Waals surface area contributed by atoms with E-state index in [9.17, 15) is 0 Å². The lowest BCUT2D eigenvalue weighted by molar-refractivity contribution is 0.209. The number of hydrogen-bond acceptors (Lipinski definition) is 2. The van der Waals surface area contributed by atoms with E-state index in [-0.39, 0.29) is 0 Å². The normalized spacial score (nSPS) is 14.5. The van der Waals surface area contributed by atoms with Crippen LogP contribution in [0.15, 0.2) is 24.5 Å². The number of hydrogen-bond donors (Lipinski definition) is 1. The van der Waals surface area contributed by atoms with Gasteiger partial charge in [-0.15, -0.1) is 0 Å². The van der Waals surface area contributed by atoms with Crippen LogP contribution >= 0.6 is 0 Å². The van der Waals surface area contributed by atoms with Crippen molar-refractivity contribution in [1.29, 1.82) is 0 Å². The Kier molecular flexibility index (Phi) is 4.67. The summed E-state index contributed by atoms with van der Waals surface area (Å²) in [7, 11) is 1.55. The molecule has 0 aromatic heterocycles. The molecule has 1 N–H and O–H groups in total. The minimum absolute atomic E-state index is 0.423. The van der Waals surface area contributed by atoms with Crippen molar-refractivity contribution in [2.24, 2.45) is 0 Å². The molecule has 2 nitrogen and oxygen atoms in total. The molecule has 10 heavy (non-hydrogen) atoms. The van der Waals surface area contributed by atoms with Crippen molar-refractivity contribution < 1.29 is 9.84 Å². The van der Waals surface area contributed by atoms with E-state index in [2.05, 4.69) is 6.58 Å². The van der Waals surface area contributed by atoms with Crippen LogP contribution in [-0.2, 0) is 4.74 Å². The van der Waals surface area contributed by atoms with Gasteiger partial charge in [0.2, 0.25) is 0 Å². The van der Waals surface area contributed by atoms with E-state index in [4.69, 9.17) is 9.84 Å². The van der Waals surface area contributed by atoms with E-state index in [0.717, 1.165) is 0 Å². The van der Waals surface area contributed by atoms with E-state index in [1.54, 1.807) is 19.3 Å². The average molecular weight is 142 g/mol. The summed E-state index contributed by atoms with van der Waals surface area (Å²) in [6.45, 7) is 5.42. The lowest BCUT2D eigenvalue weighted by Crippen LogP contribution is -2.00. The SMILES string of the molecule is C=C/C(=C\[C@@H](O)CC)OC. The van der Waals surface area contributed by atoms with Gasteiger partial charge in [0.05, 0.1) is 13.2 Å². The van der Waals surface area contributed by atoms with Crippen molar-refractivity contribution in [2.75, 3.05) is 7.11 Å². The van der Waals surface area contributed by atoms with Crippen LogP contribution in [0.1, 0.15) is 13.3 Å². The molecule has 58 valence electrons. The first-order chi connectivity index (χ1) is 4.74. The molecule has 0 amide bonds. The minimum Gasteiger partial charge on any atom is -0.497 e. The number of ether oxygens (including phenoxy) is 1. The second-order valence-electron chi connectivity index (χ2n) is 1.95. The number of aliphatic hydroxyl groups excluding tert-OH is 1. The van der Waals surface area contributed by atoms with Crippen LogP contribution in [0.5, 0.6) is 0 Å². The molecule has 0 rings (SSSR count). The standard InChI is InChI=1S/C8H14O2/c1-4-7(9)6-8(5-2)10-3/h5-7,9H,2,4H2,1,3H3/b8-6+/t7-/m0/s1. The second kappa shape index (κ2) is 5.06. The van der Waals surface area contributed by atoms with E-state index in [1.165, 1.54) is 0 Å².